The first-order valence-corrected chi connectivity index (χ1v) is 8.16. The summed E-state index contributed by atoms with van der Waals surface area (Å²) in [6.07, 6.45) is 3.19. The van der Waals surface area contributed by atoms with Crippen LogP contribution in [0.3, 0.4) is 0 Å². The van der Waals surface area contributed by atoms with Gasteiger partial charge in [-0.1, -0.05) is 23.5 Å². The predicted molar refractivity (Wildman–Crippen MR) is 91.4 cm³/mol. The highest BCUT2D eigenvalue weighted by molar-refractivity contribution is 7.15. The number of thiazole rings is 1. The summed E-state index contributed by atoms with van der Waals surface area (Å²) in [4.78, 5) is 28.6. The quantitative estimate of drug-likeness (QED) is 0.413. The van der Waals surface area contributed by atoms with Crippen molar-refractivity contribution in [3.05, 3.63) is 63.3 Å². The molecule has 7 nitrogen and oxygen atoms in total. The maximum Gasteiger partial charge on any atom is 0.308 e. The van der Waals surface area contributed by atoms with E-state index in [4.69, 9.17) is 9.15 Å². The lowest BCUT2D eigenvalue weighted by molar-refractivity contribution is -0.131. The van der Waals surface area contributed by atoms with Gasteiger partial charge in [-0.3, -0.25) is 9.59 Å². The number of hydrogen-bond donors (Lipinski definition) is 0. The maximum atomic E-state index is 12.5. The Bertz CT molecular complexity index is 1170. The van der Waals surface area contributed by atoms with Crippen molar-refractivity contribution in [3.8, 4) is 17.1 Å². The van der Waals surface area contributed by atoms with Gasteiger partial charge >= 0.3 is 5.97 Å². The van der Waals surface area contributed by atoms with Gasteiger partial charge in [0.05, 0.1) is 11.8 Å². The molecule has 0 aliphatic rings. The van der Waals surface area contributed by atoms with Crippen LogP contribution in [0.25, 0.3) is 22.4 Å². The summed E-state index contributed by atoms with van der Waals surface area (Å²) in [5, 5.41) is 4.26. The van der Waals surface area contributed by atoms with Crippen molar-refractivity contribution < 1.29 is 13.9 Å². The average molecular weight is 353 g/mol. The van der Waals surface area contributed by atoms with Crippen LogP contribution in [-0.4, -0.2) is 20.6 Å². The zero-order valence-electron chi connectivity index (χ0n) is 13.0. The van der Waals surface area contributed by atoms with Crippen LogP contribution >= 0.6 is 11.3 Å². The number of benzene rings is 1. The summed E-state index contributed by atoms with van der Waals surface area (Å²) >= 11 is 1.21. The Hall–Kier alpha value is -3.26. The van der Waals surface area contributed by atoms with Crippen LogP contribution in [0.15, 0.2) is 51.9 Å². The van der Waals surface area contributed by atoms with Crippen LogP contribution in [0.2, 0.25) is 0 Å². The largest absolute Gasteiger partial charge is 0.465 e. The van der Waals surface area contributed by atoms with Crippen LogP contribution in [0.4, 0.5) is 0 Å². The molecule has 4 aromatic rings. The average Bonchev–Trinajstić information content (AvgIpc) is 3.28. The van der Waals surface area contributed by atoms with Crippen molar-refractivity contribution >= 4 is 28.3 Å². The number of aromatic nitrogens is 3. The number of esters is 1. The number of nitrogens with zero attached hydrogens (tertiary/aromatic N) is 3. The van der Waals surface area contributed by atoms with Crippen molar-refractivity contribution in [1.29, 1.82) is 0 Å². The minimum atomic E-state index is -0.437. The number of carbonyl (C=O) groups excluding carboxylic acids is 1. The first kappa shape index (κ1) is 15.3. The summed E-state index contributed by atoms with van der Waals surface area (Å²) in [5.41, 5.74) is 0.268. The molecular weight excluding hydrogens is 342 g/mol. The molecule has 124 valence electrons. The highest BCUT2D eigenvalue weighted by atomic mass is 32.1. The van der Waals surface area contributed by atoms with Gasteiger partial charge in [-0.15, -0.1) is 5.10 Å². The van der Waals surface area contributed by atoms with E-state index in [2.05, 4.69) is 10.1 Å². The fourth-order valence-corrected chi connectivity index (χ4v) is 3.23. The van der Waals surface area contributed by atoms with E-state index in [1.807, 2.05) is 0 Å². The van der Waals surface area contributed by atoms with Gasteiger partial charge in [0.15, 0.2) is 5.82 Å². The van der Waals surface area contributed by atoms with Gasteiger partial charge in [-0.05, 0) is 24.3 Å². The second-order valence-corrected chi connectivity index (χ2v) is 6.16. The molecule has 0 unspecified atom stereocenters. The van der Waals surface area contributed by atoms with E-state index < -0.39 is 5.97 Å². The summed E-state index contributed by atoms with van der Waals surface area (Å²) in [5.74, 6) is 0.822. The first-order chi connectivity index (χ1) is 12.1. The van der Waals surface area contributed by atoms with E-state index in [0.29, 0.717) is 32.4 Å². The normalized spacial score (nSPS) is 12.0. The van der Waals surface area contributed by atoms with Gasteiger partial charge < -0.3 is 9.15 Å². The molecule has 0 saturated carbocycles. The number of furan rings is 1. The molecule has 1 aromatic carbocycles. The fourth-order valence-electron chi connectivity index (χ4n) is 2.35. The molecule has 0 saturated heterocycles. The van der Waals surface area contributed by atoms with Gasteiger partial charge in [0.2, 0.25) is 4.96 Å². The predicted octanol–water partition coefficient (Wildman–Crippen LogP) is 1.88. The molecular formula is C17H11N3O4S. The summed E-state index contributed by atoms with van der Waals surface area (Å²) in [6.45, 7) is 1.32. The number of fused-ring (bicyclic) bond motifs is 1. The Labute approximate surface area is 144 Å². The standard InChI is InChI=1S/C17H11N3O4S/c1-10(21)24-13-7-3-2-6-12(13)15-18-17-20(19-15)16(22)14(25-17)9-11-5-4-8-23-11/h2-9H,1H3/b14-9-. The van der Waals surface area contributed by atoms with E-state index in [1.165, 1.54) is 29.0 Å². The highest BCUT2D eigenvalue weighted by Crippen LogP contribution is 2.27. The molecule has 25 heavy (non-hydrogen) atoms. The topological polar surface area (TPSA) is 86.7 Å². The van der Waals surface area contributed by atoms with Crippen molar-refractivity contribution in [2.75, 3.05) is 0 Å². The summed E-state index contributed by atoms with van der Waals surface area (Å²) in [7, 11) is 0. The maximum absolute atomic E-state index is 12.5. The summed E-state index contributed by atoms with van der Waals surface area (Å²) < 4.78 is 12.1. The molecule has 0 radical (unpaired) electrons. The number of carbonyl (C=O) groups is 1. The molecule has 0 bridgehead atoms. The van der Waals surface area contributed by atoms with E-state index in [0.717, 1.165) is 0 Å². The van der Waals surface area contributed by atoms with E-state index in [-0.39, 0.29) is 5.56 Å². The Kier molecular flexibility index (Phi) is 3.66. The van der Waals surface area contributed by atoms with Crippen LogP contribution in [0, 0.1) is 0 Å². The second-order valence-electron chi connectivity index (χ2n) is 5.15. The van der Waals surface area contributed by atoms with E-state index >= 15 is 0 Å². The molecule has 0 aliphatic carbocycles. The first-order valence-electron chi connectivity index (χ1n) is 7.34. The molecule has 0 spiro atoms. The molecule has 0 aliphatic heterocycles. The molecule has 0 atom stereocenters. The fraction of sp³-hybridized carbons (Fsp3) is 0.0588. The van der Waals surface area contributed by atoms with Crippen LogP contribution < -0.4 is 14.8 Å². The SMILES string of the molecule is CC(=O)Oc1ccccc1-c1nc2s/c(=C\c3ccco3)c(=O)n2n1. The van der Waals surface area contributed by atoms with E-state index in [9.17, 15) is 9.59 Å². The Morgan fingerprint density at radius 3 is 2.84 bits per heavy atom. The van der Waals surface area contributed by atoms with Crippen molar-refractivity contribution in [2.24, 2.45) is 0 Å². The van der Waals surface area contributed by atoms with Gasteiger partial charge in [-0.25, -0.2) is 0 Å². The van der Waals surface area contributed by atoms with Crippen LogP contribution in [-0.2, 0) is 4.79 Å². The third-order valence-corrected chi connectivity index (χ3v) is 4.34. The van der Waals surface area contributed by atoms with Gasteiger partial charge in [-0.2, -0.15) is 9.50 Å². The lowest BCUT2D eigenvalue weighted by Crippen LogP contribution is -2.23. The van der Waals surface area contributed by atoms with Gasteiger partial charge in [0.25, 0.3) is 5.56 Å². The van der Waals surface area contributed by atoms with Crippen LogP contribution in [0.1, 0.15) is 12.7 Å². The summed E-state index contributed by atoms with van der Waals surface area (Å²) in [6, 6.07) is 10.4. The number of ether oxygens (including phenoxy) is 1. The molecule has 0 amide bonds. The molecule has 8 heteroatoms. The smallest absolute Gasteiger partial charge is 0.308 e. The molecule has 4 rings (SSSR count). The van der Waals surface area contributed by atoms with Gasteiger partial charge in [0, 0.05) is 13.0 Å². The molecule has 0 N–H and O–H groups in total. The number of hydrogen-bond acceptors (Lipinski definition) is 7. The molecule has 0 fully saturated rings. The highest BCUT2D eigenvalue weighted by Gasteiger charge is 2.16. The minimum Gasteiger partial charge on any atom is -0.465 e. The monoisotopic (exact) mass is 353 g/mol. The number of para-hydroxylation sites is 1. The Balaban J connectivity index is 1.82. The second kappa shape index (κ2) is 5.99. The Morgan fingerprint density at radius 2 is 2.12 bits per heavy atom. The number of rotatable bonds is 3. The van der Waals surface area contributed by atoms with E-state index in [1.54, 1.807) is 42.5 Å². The molecule has 3 aromatic heterocycles. The lowest BCUT2D eigenvalue weighted by atomic mass is 10.2. The van der Waals surface area contributed by atoms with Crippen molar-refractivity contribution in [2.45, 2.75) is 6.92 Å². The third kappa shape index (κ3) is 2.83. The lowest BCUT2D eigenvalue weighted by Gasteiger charge is -2.04. The molecule has 3 heterocycles. The zero-order chi connectivity index (χ0) is 17.4. The zero-order valence-corrected chi connectivity index (χ0v) is 13.8. The minimum absolute atomic E-state index is 0.278. The Morgan fingerprint density at radius 1 is 1.28 bits per heavy atom. The van der Waals surface area contributed by atoms with Crippen molar-refractivity contribution in [3.63, 3.8) is 0 Å². The van der Waals surface area contributed by atoms with Crippen molar-refractivity contribution in [1.82, 2.24) is 14.6 Å². The van der Waals surface area contributed by atoms with Gasteiger partial charge in [0.1, 0.15) is 16.0 Å². The third-order valence-electron chi connectivity index (χ3n) is 3.38. The van der Waals surface area contributed by atoms with Crippen LogP contribution in [0.5, 0.6) is 5.75 Å².